The van der Waals surface area contributed by atoms with Gasteiger partial charge in [-0.25, -0.2) is 4.79 Å². The normalized spacial score (nSPS) is 12.5. The predicted molar refractivity (Wildman–Crippen MR) is 49.3 cm³/mol. The molecule has 74 valence electrons. The Bertz CT molecular complexity index is 234. The van der Waals surface area contributed by atoms with Gasteiger partial charge in [0, 0.05) is 13.3 Å². The molecule has 0 unspecified atom stereocenters. The van der Waals surface area contributed by atoms with Crippen molar-refractivity contribution in [3.05, 3.63) is 11.5 Å². The molecule has 0 heterocycles. The highest BCUT2D eigenvalue weighted by atomic mass is 16.5. The van der Waals surface area contributed by atoms with Gasteiger partial charge >= 0.3 is 5.97 Å². The Kier molecular flexibility index (Phi) is 5.34. The second-order valence-electron chi connectivity index (χ2n) is 2.09. The van der Waals surface area contributed by atoms with Crippen molar-refractivity contribution in [1.29, 1.82) is 0 Å². The molecule has 13 heavy (non-hydrogen) atoms. The second kappa shape index (κ2) is 6.05. The van der Waals surface area contributed by atoms with E-state index < -0.39 is 5.97 Å². The van der Waals surface area contributed by atoms with E-state index in [9.17, 15) is 4.79 Å². The highest BCUT2D eigenvalue weighted by Gasteiger charge is 2.12. The molecule has 0 saturated heterocycles. The van der Waals surface area contributed by atoms with Gasteiger partial charge in [0.1, 0.15) is 5.57 Å². The van der Waals surface area contributed by atoms with Crippen molar-refractivity contribution in [3.8, 4) is 0 Å². The number of carbonyl (C=O) groups excluding carboxylic acids is 1. The number of hydrogen-bond donors (Lipinski definition) is 1. The summed E-state index contributed by atoms with van der Waals surface area (Å²) in [4.78, 5) is 14.9. The van der Waals surface area contributed by atoms with Crippen LogP contribution in [0.5, 0.6) is 0 Å². The fourth-order valence-electron chi connectivity index (χ4n) is 0.665. The van der Waals surface area contributed by atoms with E-state index in [0.717, 1.165) is 0 Å². The van der Waals surface area contributed by atoms with E-state index in [1.165, 1.54) is 20.4 Å². The first-order valence-corrected chi connectivity index (χ1v) is 3.80. The molecule has 5 nitrogen and oxygen atoms in total. The number of ether oxygens (including phenoxy) is 2. The van der Waals surface area contributed by atoms with Crippen molar-refractivity contribution in [2.75, 3.05) is 20.8 Å². The summed E-state index contributed by atoms with van der Waals surface area (Å²) in [6, 6.07) is 0. The first kappa shape index (κ1) is 11.5. The minimum Gasteiger partial charge on any atom is -0.482 e. The number of hydrogen-bond acceptors (Lipinski definition) is 5. The minimum absolute atomic E-state index is 0.00375. The zero-order valence-electron chi connectivity index (χ0n) is 8.03. The zero-order valence-corrected chi connectivity index (χ0v) is 8.03. The molecule has 0 aromatic rings. The molecule has 0 amide bonds. The third-order valence-electron chi connectivity index (χ3n) is 1.24. The third-order valence-corrected chi connectivity index (χ3v) is 1.24. The zero-order chi connectivity index (χ0) is 10.3. The van der Waals surface area contributed by atoms with Crippen LogP contribution in [0.1, 0.15) is 6.92 Å². The monoisotopic (exact) mass is 186 g/mol. The number of methoxy groups -OCH3 is 1. The molecular weight excluding hydrogens is 172 g/mol. The Hall–Kier alpha value is -1.52. The van der Waals surface area contributed by atoms with Crippen LogP contribution in [0.2, 0.25) is 0 Å². The Morgan fingerprint density at radius 2 is 2.23 bits per heavy atom. The van der Waals surface area contributed by atoms with Gasteiger partial charge in [0.05, 0.1) is 13.7 Å². The smallest absolute Gasteiger partial charge is 0.345 e. The lowest BCUT2D eigenvalue weighted by Gasteiger charge is -2.05. The molecule has 0 bridgehead atoms. The molecule has 0 aliphatic heterocycles. The highest BCUT2D eigenvalue weighted by Crippen LogP contribution is 2.00. The van der Waals surface area contributed by atoms with Crippen LogP contribution in [0.3, 0.4) is 0 Å². The van der Waals surface area contributed by atoms with Crippen molar-refractivity contribution >= 4 is 12.2 Å². The molecule has 0 atom stereocenters. The van der Waals surface area contributed by atoms with Crippen molar-refractivity contribution in [2.24, 2.45) is 10.7 Å². The van der Waals surface area contributed by atoms with Crippen LogP contribution in [0.15, 0.2) is 16.4 Å². The van der Waals surface area contributed by atoms with Crippen LogP contribution < -0.4 is 5.73 Å². The number of rotatable bonds is 4. The summed E-state index contributed by atoms with van der Waals surface area (Å²) in [5.41, 5.74) is 5.53. The number of aliphatic imine (C=N–C) groups is 1. The molecule has 0 saturated carbocycles. The molecule has 0 aliphatic rings. The summed E-state index contributed by atoms with van der Waals surface area (Å²) in [5, 5.41) is 0. The molecule has 0 rings (SSSR count). The van der Waals surface area contributed by atoms with Crippen molar-refractivity contribution in [2.45, 2.75) is 6.92 Å². The van der Waals surface area contributed by atoms with Crippen molar-refractivity contribution < 1.29 is 14.3 Å². The fraction of sp³-hybridized carbons (Fsp3) is 0.500. The second-order valence-corrected chi connectivity index (χ2v) is 2.09. The van der Waals surface area contributed by atoms with Gasteiger partial charge in [0.2, 0.25) is 0 Å². The average molecular weight is 186 g/mol. The molecule has 0 aromatic carbocycles. The summed E-state index contributed by atoms with van der Waals surface area (Å²) in [7, 11) is 2.90. The first-order chi connectivity index (χ1) is 6.17. The Balaban J connectivity index is 4.70. The van der Waals surface area contributed by atoms with Gasteiger partial charge in [0.15, 0.2) is 5.88 Å². The van der Waals surface area contributed by atoms with E-state index in [4.69, 9.17) is 15.2 Å². The van der Waals surface area contributed by atoms with Gasteiger partial charge < -0.3 is 15.2 Å². The molecule has 0 fully saturated rings. The number of nitrogens with zero attached hydrogens (tertiary/aromatic N) is 1. The van der Waals surface area contributed by atoms with E-state index in [2.05, 4.69) is 4.99 Å². The molecule has 0 spiro atoms. The lowest BCUT2D eigenvalue weighted by Crippen LogP contribution is -2.16. The highest BCUT2D eigenvalue weighted by molar-refractivity contribution is 6.09. The molecular formula is C8H14N2O3. The Labute approximate surface area is 77.2 Å². The van der Waals surface area contributed by atoms with E-state index in [0.29, 0.717) is 0 Å². The summed E-state index contributed by atoms with van der Waals surface area (Å²) >= 11 is 0. The lowest BCUT2D eigenvalue weighted by atomic mass is 10.3. The van der Waals surface area contributed by atoms with Crippen LogP contribution in [-0.4, -0.2) is 32.9 Å². The van der Waals surface area contributed by atoms with Gasteiger partial charge in [-0.3, -0.25) is 4.99 Å². The molecule has 0 aromatic heterocycles. The van der Waals surface area contributed by atoms with E-state index in [1.807, 2.05) is 0 Å². The van der Waals surface area contributed by atoms with E-state index in [-0.39, 0.29) is 18.1 Å². The number of esters is 1. The van der Waals surface area contributed by atoms with Gasteiger partial charge in [-0.15, -0.1) is 0 Å². The summed E-state index contributed by atoms with van der Waals surface area (Å²) in [6.07, 6.45) is 1.30. The predicted octanol–water partition coefficient (Wildman–Crippen LogP) is 0.0668. The van der Waals surface area contributed by atoms with Crippen LogP contribution in [0.4, 0.5) is 0 Å². The van der Waals surface area contributed by atoms with Crippen LogP contribution in [0.25, 0.3) is 0 Å². The molecule has 5 heteroatoms. The summed E-state index contributed by atoms with van der Waals surface area (Å²) < 4.78 is 9.43. The average Bonchev–Trinajstić information content (AvgIpc) is 2.13. The van der Waals surface area contributed by atoms with Gasteiger partial charge in [0.25, 0.3) is 0 Å². The molecule has 0 radical (unpaired) electrons. The van der Waals surface area contributed by atoms with Crippen LogP contribution in [0, 0.1) is 0 Å². The fourth-order valence-corrected chi connectivity index (χ4v) is 0.665. The van der Waals surface area contributed by atoms with Crippen LogP contribution >= 0.6 is 0 Å². The topological polar surface area (TPSA) is 73.9 Å². The number of carbonyl (C=O) groups is 1. The van der Waals surface area contributed by atoms with Gasteiger partial charge in [-0.1, -0.05) is 0 Å². The maximum absolute atomic E-state index is 11.2. The summed E-state index contributed by atoms with van der Waals surface area (Å²) in [6.45, 7) is 2.00. The number of nitrogens with two attached hydrogens (primary N) is 1. The van der Waals surface area contributed by atoms with Gasteiger partial charge in [-0.2, -0.15) is 0 Å². The van der Waals surface area contributed by atoms with E-state index in [1.54, 1.807) is 6.92 Å². The van der Waals surface area contributed by atoms with E-state index >= 15 is 0 Å². The Morgan fingerprint density at radius 1 is 1.62 bits per heavy atom. The van der Waals surface area contributed by atoms with Crippen molar-refractivity contribution in [3.63, 3.8) is 0 Å². The third kappa shape index (κ3) is 3.59. The standard InChI is InChI=1S/C8H14N2O3/c1-4-13-8(11)6(5-10-2)7(9)12-3/h5H,4,9H2,1-3H3. The largest absolute Gasteiger partial charge is 0.482 e. The first-order valence-electron chi connectivity index (χ1n) is 3.80. The lowest BCUT2D eigenvalue weighted by molar-refractivity contribution is -0.138. The summed E-state index contributed by atoms with van der Waals surface area (Å²) in [5.74, 6) is -0.531. The van der Waals surface area contributed by atoms with Crippen molar-refractivity contribution in [1.82, 2.24) is 0 Å². The maximum Gasteiger partial charge on any atom is 0.345 e. The van der Waals surface area contributed by atoms with Crippen LogP contribution in [-0.2, 0) is 14.3 Å². The maximum atomic E-state index is 11.2. The van der Waals surface area contributed by atoms with Gasteiger partial charge in [-0.05, 0) is 6.92 Å². The minimum atomic E-state index is -0.535. The Morgan fingerprint density at radius 3 is 2.62 bits per heavy atom. The quantitative estimate of drug-likeness (QED) is 0.292. The molecule has 0 aliphatic carbocycles. The SMILES string of the molecule is CCOC(=O)C(C=NC)=C(N)OC. The molecule has 2 N–H and O–H groups in total.